The van der Waals surface area contributed by atoms with Crippen molar-refractivity contribution in [1.82, 2.24) is 25.4 Å². The molecule has 4 N–H and O–H groups in total. The Morgan fingerprint density at radius 3 is 2.97 bits per heavy atom. The van der Waals surface area contributed by atoms with E-state index in [1.165, 1.54) is 0 Å². The van der Waals surface area contributed by atoms with Gasteiger partial charge in [-0.15, -0.1) is 0 Å². The maximum absolute atomic E-state index is 12.8. The highest BCUT2D eigenvalue weighted by molar-refractivity contribution is 6.42. The highest BCUT2D eigenvalue weighted by Gasteiger charge is 2.27. The molecule has 0 radical (unpaired) electrons. The van der Waals surface area contributed by atoms with E-state index in [9.17, 15) is 4.79 Å². The van der Waals surface area contributed by atoms with Crippen LogP contribution < -0.4 is 21.1 Å². The Bertz CT molecular complexity index is 1100. The highest BCUT2D eigenvalue weighted by Crippen LogP contribution is 2.31. The van der Waals surface area contributed by atoms with Crippen LogP contribution in [0.25, 0.3) is 11.1 Å². The third-order valence-corrected chi connectivity index (χ3v) is 5.92. The standard InChI is InChI=1S/C21H22Cl2N6O2/c1-29-10-13(8-27-29)12-5-16(20(24)26-7-12)21(30)28-14-6-15(25-9-14)11-31-18-4-2-3-17(22)19(18)23/h2-5,7-8,10,14-15,25H,6,9,11H2,1H3,(H2,24,26)(H,28,30)/t14-,15-/m0/s1. The number of aromatic nitrogens is 3. The predicted molar refractivity (Wildman–Crippen MR) is 120 cm³/mol. The molecule has 0 unspecified atom stereocenters. The lowest BCUT2D eigenvalue weighted by Crippen LogP contribution is -2.36. The summed E-state index contributed by atoms with van der Waals surface area (Å²) in [7, 11) is 1.83. The van der Waals surface area contributed by atoms with Crippen LogP contribution in [0.15, 0.2) is 42.9 Å². The number of pyridine rings is 1. The molecule has 0 spiro atoms. The summed E-state index contributed by atoms with van der Waals surface area (Å²) in [5.74, 6) is 0.461. The van der Waals surface area contributed by atoms with Crippen molar-refractivity contribution >= 4 is 34.9 Å². The van der Waals surface area contributed by atoms with Gasteiger partial charge < -0.3 is 21.1 Å². The molecule has 0 saturated carbocycles. The van der Waals surface area contributed by atoms with Gasteiger partial charge in [0.2, 0.25) is 0 Å². The maximum Gasteiger partial charge on any atom is 0.255 e. The molecule has 1 aliphatic rings. The zero-order valence-electron chi connectivity index (χ0n) is 16.8. The molecule has 2 atom stereocenters. The van der Waals surface area contributed by atoms with Crippen LogP contribution in [0.3, 0.4) is 0 Å². The number of halogens is 2. The van der Waals surface area contributed by atoms with Crippen LogP contribution >= 0.6 is 23.2 Å². The zero-order chi connectivity index (χ0) is 22.0. The molecule has 3 heterocycles. The predicted octanol–water partition coefficient (Wildman–Crippen LogP) is 2.91. The van der Waals surface area contributed by atoms with E-state index in [-0.39, 0.29) is 23.8 Å². The third-order valence-electron chi connectivity index (χ3n) is 5.11. The molecule has 8 nitrogen and oxygen atoms in total. The third kappa shape index (κ3) is 4.92. The number of benzene rings is 1. The van der Waals surface area contributed by atoms with E-state index in [1.807, 2.05) is 13.2 Å². The number of amides is 1. The Labute approximate surface area is 189 Å². The Hall–Kier alpha value is -2.81. The van der Waals surface area contributed by atoms with Crippen molar-refractivity contribution in [2.24, 2.45) is 7.05 Å². The smallest absolute Gasteiger partial charge is 0.255 e. The average Bonchev–Trinajstić information content (AvgIpc) is 3.38. The van der Waals surface area contributed by atoms with Gasteiger partial charge >= 0.3 is 0 Å². The summed E-state index contributed by atoms with van der Waals surface area (Å²) < 4.78 is 7.48. The number of rotatable bonds is 6. The second-order valence-corrected chi connectivity index (χ2v) is 8.22. The summed E-state index contributed by atoms with van der Waals surface area (Å²) >= 11 is 12.2. The van der Waals surface area contributed by atoms with Crippen LogP contribution in [-0.4, -0.2) is 45.9 Å². The summed E-state index contributed by atoms with van der Waals surface area (Å²) in [6, 6.07) is 7.01. The molecule has 4 rings (SSSR count). The second kappa shape index (κ2) is 9.13. The monoisotopic (exact) mass is 460 g/mol. The quantitative estimate of drug-likeness (QED) is 0.521. The number of nitrogen functional groups attached to an aromatic ring is 1. The van der Waals surface area contributed by atoms with Gasteiger partial charge in [-0.1, -0.05) is 29.3 Å². The highest BCUT2D eigenvalue weighted by atomic mass is 35.5. The summed E-state index contributed by atoms with van der Waals surface area (Å²) in [5.41, 5.74) is 7.95. The Balaban J connectivity index is 1.36. The fraction of sp³-hybridized carbons (Fsp3) is 0.286. The van der Waals surface area contributed by atoms with Gasteiger partial charge in [0.25, 0.3) is 5.91 Å². The van der Waals surface area contributed by atoms with E-state index in [2.05, 4.69) is 20.7 Å². The first-order valence-corrected chi connectivity index (χ1v) is 10.5. The van der Waals surface area contributed by atoms with Crippen LogP contribution in [0.5, 0.6) is 5.75 Å². The van der Waals surface area contributed by atoms with Crippen molar-refractivity contribution in [2.45, 2.75) is 18.5 Å². The minimum absolute atomic E-state index is 0.0580. The van der Waals surface area contributed by atoms with Crippen molar-refractivity contribution in [3.63, 3.8) is 0 Å². The molecule has 1 aliphatic heterocycles. The molecule has 31 heavy (non-hydrogen) atoms. The first-order valence-electron chi connectivity index (χ1n) is 9.76. The molecule has 3 aromatic rings. The summed E-state index contributed by atoms with van der Waals surface area (Å²) in [6.45, 7) is 1.03. The number of aryl methyl sites for hydroxylation is 1. The molecule has 1 aromatic carbocycles. The number of ether oxygens (including phenoxy) is 1. The van der Waals surface area contributed by atoms with Gasteiger partial charge in [0.15, 0.2) is 0 Å². The number of carbonyl (C=O) groups excluding carboxylic acids is 1. The first-order chi connectivity index (χ1) is 14.9. The number of nitrogens with two attached hydrogens (primary N) is 1. The minimum Gasteiger partial charge on any atom is -0.490 e. The van der Waals surface area contributed by atoms with Gasteiger partial charge in [-0.2, -0.15) is 5.10 Å². The van der Waals surface area contributed by atoms with Gasteiger partial charge in [0.1, 0.15) is 23.2 Å². The van der Waals surface area contributed by atoms with Crippen molar-refractivity contribution in [3.8, 4) is 16.9 Å². The lowest BCUT2D eigenvalue weighted by atomic mass is 10.1. The molecule has 10 heteroatoms. The molecule has 1 amide bonds. The van der Waals surface area contributed by atoms with Crippen LogP contribution in [0, 0.1) is 0 Å². The van der Waals surface area contributed by atoms with Crippen LogP contribution in [0.2, 0.25) is 10.0 Å². The topological polar surface area (TPSA) is 107 Å². The van der Waals surface area contributed by atoms with E-state index < -0.39 is 0 Å². The molecule has 0 bridgehead atoms. The number of anilines is 1. The van der Waals surface area contributed by atoms with Crippen molar-refractivity contribution in [3.05, 3.63) is 58.5 Å². The number of nitrogens with one attached hydrogen (secondary N) is 2. The van der Waals surface area contributed by atoms with Gasteiger partial charge in [0, 0.05) is 49.2 Å². The number of hydrogen-bond donors (Lipinski definition) is 3. The molecular weight excluding hydrogens is 439 g/mol. The van der Waals surface area contributed by atoms with E-state index in [0.29, 0.717) is 40.9 Å². The Kier molecular flexibility index (Phi) is 6.31. The summed E-state index contributed by atoms with van der Waals surface area (Å²) in [4.78, 5) is 17.0. The largest absolute Gasteiger partial charge is 0.490 e. The molecule has 162 valence electrons. The zero-order valence-corrected chi connectivity index (χ0v) is 18.3. The van der Waals surface area contributed by atoms with Gasteiger partial charge in [-0.3, -0.25) is 9.48 Å². The van der Waals surface area contributed by atoms with Crippen molar-refractivity contribution < 1.29 is 9.53 Å². The van der Waals surface area contributed by atoms with Crippen molar-refractivity contribution in [1.29, 1.82) is 0 Å². The number of carbonyl (C=O) groups is 1. The lowest BCUT2D eigenvalue weighted by Gasteiger charge is -2.15. The van der Waals surface area contributed by atoms with Crippen LogP contribution in [0.4, 0.5) is 5.82 Å². The molecule has 0 aliphatic carbocycles. The van der Waals surface area contributed by atoms with Crippen molar-refractivity contribution in [2.75, 3.05) is 18.9 Å². The second-order valence-electron chi connectivity index (χ2n) is 7.43. The molecule has 1 saturated heterocycles. The van der Waals surface area contributed by atoms with Crippen LogP contribution in [0.1, 0.15) is 16.8 Å². The fourth-order valence-electron chi connectivity index (χ4n) is 3.49. The van der Waals surface area contributed by atoms with E-state index in [1.54, 1.807) is 41.3 Å². The van der Waals surface area contributed by atoms with E-state index in [0.717, 1.165) is 11.1 Å². The van der Waals surface area contributed by atoms with E-state index in [4.69, 9.17) is 33.7 Å². The molecular formula is C21H22Cl2N6O2. The lowest BCUT2D eigenvalue weighted by molar-refractivity contribution is 0.0940. The molecule has 1 fully saturated rings. The van der Waals surface area contributed by atoms with Gasteiger partial charge in [-0.05, 0) is 24.6 Å². The summed E-state index contributed by atoms with van der Waals surface area (Å²) in [6.07, 6.45) is 5.91. The molecule has 2 aromatic heterocycles. The van der Waals surface area contributed by atoms with E-state index >= 15 is 0 Å². The minimum atomic E-state index is -0.262. The number of nitrogens with zero attached hydrogens (tertiary/aromatic N) is 3. The first kappa shape index (κ1) is 21.4. The Morgan fingerprint density at radius 2 is 2.19 bits per heavy atom. The van der Waals surface area contributed by atoms with Crippen LogP contribution in [-0.2, 0) is 7.05 Å². The summed E-state index contributed by atoms with van der Waals surface area (Å²) in [5, 5.41) is 11.4. The SMILES string of the molecule is Cn1cc(-c2cnc(N)c(C(=O)N[C@@H]3CN[C@H](COc4cccc(Cl)c4Cl)C3)c2)cn1. The Morgan fingerprint density at radius 1 is 1.35 bits per heavy atom. The normalized spacial score (nSPS) is 18.2. The maximum atomic E-state index is 12.8. The van der Waals surface area contributed by atoms with Gasteiger partial charge in [0.05, 0.1) is 16.8 Å². The fourth-order valence-corrected chi connectivity index (χ4v) is 3.84. The van der Waals surface area contributed by atoms with Gasteiger partial charge in [-0.25, -0.2) is 4.98 Å². The number of hydrogen-bond acceptors (Lipinski definition) is 6. The average molecular weight is 461 g/mol.